The van der Waals surface area contributed by atoms with Crippen LogP contribution in [0.3, 0.4) is 0 Å². The van der Waals surface area contributed by atoms with E-state index in [0.717, 1.165) is 19.3 Å². The zero-order valence-corrected chi connectivity index (χ0v) is 12.7. The Bertz CT molecular complexity index is 314. The van der Waals surface area contributed by atoms with E-state index in [-0.39, 0.29) is 18.4 Å². The number of carboxylic acid groups (broad SMARTS) is 1. The minimum Gasteiger partial charge on any atom is -0.481 e. The van der Waals surface area contributed by atoms with E-state index in [1.165, 1.54) is 19.3 Å². The number of carboxylic acids is 1. The molecular formula is C15H28N2O3. The van der Waals surface area contributed by atoms with Crippen LogP contribution in [0.1, 0.15) is 58.8 Å². The Balaban J connectivity index is 2.51. The summed E-state index contributed by atoms with van der Waals surface area (Å²) in [5.41, 5.74) is 0. The van der Waals surface area contributed by atoms with Crippen LogP contribution in [0.4, 0.5) is 0 Å². The predicted octanol–water partition coefficient (Wildman–Crippen LogP) is 2.01. The standard InChI is InChI=1S/C15H28N2O3/c1-3-12(2)16-14(18)11-17(10-9-15(19)20)13-7-5-4-6-8-13/h12-13H,3-11H2,1-2H3,(H,16,18)(H,19,20). The molecule has 1 aliphatic carbocycles. The van der Waals surface area contributed by atoms with E-state index in [4.69, 9.17) is 5.11 Å². The van der Waals surface area contributed by atoms with Crippen molar-refractivity contribution < 1.29 is 14.7 Å². The molecule has 0 aromatic carbocycles. The zero-order chi connectivity index (χ0) is 15.0. The molecule has 1 saturated carbocycles. The minimum atomic E-state index is -0.798. The van der Waals surface area contributed by atoms with Crippen LogP contribution in [0.25, 0.3) is 0 Å². The fourth-order valence-electron chi connectivity index (χ4n) is 2.68. The highest BCUT2D eigenvalue weighted by molar-refractivity contribution is 5.78. The Labute approximate surface area is 121 Å². The lowest BCUT2D eigenvalue weighted by Gasteiger charge is -2.33. The van der Waals surface area contributed by atoms with Gasteiger partial charge in [-0.05, 0) is 26.2 Å². The molecule has 5 nitrogen and oxygen atoms in total. The van der Waals surface area contributed by atoms with E-state index in [1.54, 1.807) is 0 Å². The maximum atomic E-state index is 12.0. The molecule has 20 heavy (non-hydrogen) atoms. The molecule has 1 atom stereocenters. The van der Waals surface area contributed by atoms with Crippen LogP contribution in [-0.2, 0) is 9.59 Å². The number of hydrogen-bond acceptors (Lipinski definition) is 3. The van der Waals surface area contributed by atoms with E-state index in [0.29, 0.717) is 19.1 Å². The predicted molar refractivity (Wildman–Crippen MR) is 78.6 cm³/mol. The van der Waals surface area contributed by atoms with Gasteiger partial charge in [0.15, 0.2) is 0 Å². The van der Waals surface area contributed by atoms with Crippen LogP contribution < -0.4 is 5.32 Å². The Morgan fingerprint density at radius 1 is 1.30 bits per heavy atom. The lowest BCUT2D eigenvalue weighted by atomic mass is 9.94. The molecule has 1 amide bonds. The van der Waals surface area contributed by atoms with Crippen molar-refractivity contribution in [1.82, 2.24) is 10.2 Å². The van der Waals surface area contributed by atoms with Crippen molar-refractivity contribution in [1.29, 1.82) is 0 Å². The van der Waals surface area contributed by atoms with Crippen LogP contribution in [0.15, 0.2) is 0 Å². The van der Waals surface area contributed by atoms with E-state index in [9.17, 15) is 9.59 Å². The second-order valence-electron chi connectivity index (χ2n) is 5.78. The number of carbonyl (C=O) groups is 2. The van der Waals surface area contributed by atoms with Gasteiger partial charge >= 0.3 is 5.97 Å². The number of aliphatic carboxylic acids is 1. The lowest BCUT2D eigenvalue weighted by Crippen LogP contribution is -2.46. The molecule has 5 heteroatoms. The van der Waals surface area contributed by atoms with Crippen molar-refractivity contribution in [3.8, 4) is 0 Å². The number of rotatable bonds is 8. The van der Waals surface area contributed by atoms with Gasteiger partial charge in [-0.25, -0.2) is 0 Å². The summed E-state index contributed by atoms with van der Waals surface area (Å²) >= 11 is 0. The maximum Gasteiger partial charge on any atom is 0.304 e. The highest BCUT2D eigenvalue weighted by Crippen LogP contribution is 2.22. The van der Waals surface area contributed by atoms with Gasteiger partial charge in [0.1, 0.15) is 0 Å². The summed E-state index contributed by atoms with van der Waals surface area (Å²) < 4.78 is 0. The number of nitrogens with one attached hydrogen (secondary N) is 1. The fraction of sp³-hybridized carbons (Fsp3) is 0.867. The third-order valence-corrected chi connectivity index (χ3v) is 4.07. The smallest absolute Gasteiger partial charge is 0.304 e. The first-order valence-electron chi connectivity index (χ1n) is 7.78. The summed E-state index contributed by atoms with van der Waals surface area (Å²) in [4.78, 5) is 24.8. The molecule has 0 aromatic heterocycles. The van der Waals surface area contributed by atoms with Gasteiger partial charge in [0.2, 0.25) is 5.91 Å². The van der Waals surface area contributed by atoms with E-state index < -0.39 is 5.97 Å². The summed E-state index contributed by atoms with van der Waals surface area (Å²) in [6, 6.07) is 0.543. The van der Waals surface area contributed by atoms with Crippen LogP contribution in [0.2, 0.25) is 0 Å². The largest absolute Gasteiger partial charge is 0.481 e. The maximum absolute atomic E-state index is 12.0. The molecule has 2 N–H and O–H groups in total. The molecule has 1 unspecified atom stereocenters. The number of nitrogens with zero attached hydrogens (tertiary/aromatic N) is 1. The van der Waals surface area contributed by atoms with Gasteiger partial charge in [0.25, 0.3) is 0 Å². The lowest BCUT2D eigenvalue weighted by molar-refractivity contribution is -0.138. The van der Waals surface area contributed by atoms with Crippen molar-refractivity contribution in [2.45, 2.75) is 70.9 Å². The van der Waals surface area contributed by atoms with Crippen molar-refractivity contribution >= 4 is 11.9 Å². The molecule has 1 aliphatic rings. The molecule has 1 fully saturated rings. The summed E-state index contributed by atoms with van der Waals surface area (Å²) in [6.45, 7) is 4.81. The van der Waals surface area contributed by atoms with Crippen LogP contribution >= 0.6 is 0 Å². The minimum absolute atomic E-state index is 0.00955. The molecule has 0 spiro atoms. The normalized spacial score (nSPS) is 17.9. The van der Waals surface area contributed by atoms with Crippen LogP contribution in [-0.4, -0.2) is 47.1 Å². The number of carbonyl (C=O) groups excluding carboxylic acids is 1. The first-order valence-corrected chi connectivity index (χ1v) is 7.78. The fourth-order valence-corrected chi connectivity index (χ4v) is 2.68. The summed E-state index contributed by atoms with van der Waals surface area (Å²) in [7, 11) is 0. The quantitative estimate of drug-likeness (QED) is 0.715. The third-order valence-electron chi connectivity index (χ3n) is 4.07. The Hall–Kier alpha value is -1.10. The Morgan fingerprint density at radius 3 is 2.50 bits per heavy atom. The van der Waals surface area contributed by atoms with Crippen LogP contribution in [0, 0.1) is 0 Å². The Kier molecular flexibility index (Phi) is 7.59. The van der Waals surface area contributed by atoms with Crippen molar-refractivity contribution in [2.75, 3.05) is 13.1 Å². The second-order valence-corrected chi connectivity index (χ2v) is 5.78. The zero-order valence-electron chi connectivity index (χ0n) is 12.7. The van der Waals surface area contributed by atoms with Crippen LogP contribution in [0.5, 0.6) is 0 Å². The van der Waals surface area contributed by atoms with Gasteiger partial charge < -0.3 is 10.4 Å². The topological polar surface area (TPSA) is 69.6 Å². The van der Waals surface area contributed by atoms with E-state index in [2.05, 4.69) is 10.2 Å². The monoisotopic (exact) mass is 284 g/mol. The van der Waals surface area contributed by atoms with Gasteiger partial charge in [-0.1, -0.05) is 26.2 Å². The number of hydrogen-bond donors (Lipinski definition) is 2. The highest BCUT2D eigenvalue weighted by atomic mass is 16.4. The molecule has 0 saturated heterocycles. The molecule has 0 radical (unpaired) electrons. The average Bonchev–Trinajstić information content (AvgIpc) is 2.44. The number of amides is 1. The van der Waals surface area contributed by atoms with E-state index in [1.807, 2.05) is 13.8 Å². The highest BCUT2D eigenvalue weighted by Gasteiger charge is 2.23. The van der Waals surface area contributed by atoms with Gasteiger partial charge in [0.05, 0.1) is 13.0 Å². The van der Waals surface area contributed by atoms with Gasteiger partial charge in [-0.2, -0.15) is 0 Å². The molecule has 0 bridgehead atoms. The van der Waals surface area contributed by atoms with Crippen molar-refractivity contribution in [3.63, 3.8) is 0 Å². The average molecular weight is 284 g/mol. The Morgan fingerprint density at radius 2 is 1.95 bits per heavy atom. The SMILES string of the molecule is CCC(C)NC(=O)CN(CCC(=O)O)C1CCCCC1. The molecule has 1 rings (SSSR count). The third kappa shape index (κ3) is 6.37. The summed E-state index contributed by atoms with van der Waals surface area (Å²) in [5.74, 6) is -0.788. The first-order chi connectivity index (χ1) is 9.52. The second kappa shape index (κ2) is 8.95. The molecule has 0 heterocycles. The molecule has 0 aromatic rings. The first kappa shape index (κ1) is 17.0. The van der Waals surface area contributed by atoms with Gasteiger partial charge in [0, 0.05) is 18.6 Å². The van der Waals surface area contributed by atoms with Crippen molar-refractivity contribution in [2.24, 2.45) is 0 Å². The molecular weight excluding hydrogens is 256 g/mol. The molecule has 0 aliphatic heterocycles. The van der Waals surface area contributed by atoms with E-state index >= 15 is 0 Å². The summed E-state index contributed by atoms with van der Waals surface area (Å²) in [5, 5.41) is 11.8. The van der Waals surface area contributed by atoms with Crippen molar-refractivity contribution in [3.05, 3.63) is 0 Å². The molecule has 116 valence electrons. The summed E-state index contributed by atoms with van der Waals surface area (Å²) in [6.07, 6.45) is 6.79. The van der Waals surface area contributed by atoms with Gasteiger partial charge in [-0.3, -0.25) is 14.5 Å². The van der Waals surface area contributed by atoms with Gasteiger partial charge in [-0.15, -0.1) is 0 Å².